The van der Waals surface area contributed by atoms with E-state index in [2.05, 4.69) is 15.5 Å². The number of carbonyl (C=O) groups excluding carboxylic acids is 3. The second-order valence-electron chi connectivity index (χ2n) is 8.12. The minimum Gasteiger partial charge on any atom is -0.477 e. The van der Waals surface area contributed by atoms with Crippen molar-refractivity contribution in [1.82, 2.24) is 15.2 Å². The zero-order chi connectivity index (χ0) is 25.9. The number of anilines is 1. The van der Waals surface area contributed by atoms with E-state index in [1.807, 2.05) is 0 Å². The highest BCUT2D eigenvalue weighted by Gasteiger charge is 2.53. The number of thioether (sulfide) groups is 1. The number of hydrogen-bond donors (Lipinski definition) is 3. The highest BCUT2D eigenvalue weighted by Crippen LogP contribution is 2.37. The zero-order valence-corrected chi connectivity index (χ0v) is 21.2. The van der Waals surface area contributed by atoms with Gasteiger partial charge < -0.3 is 25.7 Å². The van der Waals surface area contributed by atoms with Crippen molar-refractivity contribution in [3.05, 3.63) is 34.0 Å². The molecule has 15 heteroatoms. The smallest absolute Gasteiger partial charge is 0.352 e. The normalized spacial score (nSPS) is 20.1. The monoisotopic (exact) mass is 543 g/mol. The van der Waals surface area contributed by atoms with Gasteiger partial charge in [0.2, 0.25) is 0 Å². The van der Waals surface area contributed by atoms with Crippen molar-refractivity contribution in [2.75, 3.05) is 18.1 Å². The second-order valence-corrected chi connectivity index (χ2v) is 10.9. The molecule has 188 valence electrons. The van der Waals surface area contributed by atoms with E-state index in [0.29, 0.717) is 5.75 Å². The van der Waals surface area contributed by atoms with Crippen LogP contribution in [-0.2, 0) is 28.8 Å². The first-order valence-electron chi connectivity index (χ1n) is 10.1. The van der Waals surface area contributed by atoms with Crippen LogP contribution in [-0.4, -0.2) is 73.8 Å². The van der Waals surface area contributed by atoms with Gasteiger partial charge in [0.25, 0.3) is 11.8 Å². The van der Waals surface area contributed by atoms with Crippen molar-refractivity contribution in [2.24, 2.45) is 5.16 Å². The number of β-lactam (4-membered cyclic amide) rings is 1. The molecule has 1 unspecified atom stereocenters. The lowest BCUT2D eigenvalue weighted by Gasteiger charge is -2.48. The van der Waals surface area contributed by atoms with Crippen LogP contribution in [0.25, 0.3) is 0 Å². The van der Waals surface area contributed by atoms with Gasteiger partial charge in [-0.3, -0.25) is 14.5 Å². The third-order valence-corrected chi connectivity index (χ3v) is 6.65. The number of carboxylic acids is 1. The molecule has 1 fully saturated rings. The summed E-state index contributed by atoms with van der Waals surface area (Å²) in [5.41, 5.74) is 4.51. The summed E-state index contributed by atoms with van der Waals surface area (Å²) in [4.78, 5) is 58.9. The van der Waals surface area contributed by atoms with Crippen LogP contribution in [0, 0.1) is 0 Å². The molecular weight excluding hydrogens is 522 g/mol. The number of rotatable bonds is 8. The molecular formula is C20H22ClN5O7S2. The Labute approximate surface area is 213 Å². The summed E-state index contributed by atoms with van der Waals surface area (Å²) in [7, 11) is 0. The van der Waals surface area contributed by atoms with E-state index in [9.17, 15) is 24.3 Å². The fourth-order valence-electron chi connectivity index (χ4n) is 3.03. The number of carbonyl (C=O) groups is 4. The van der Waals surface area contributed by atoms with Gasteiger partial charge in [0.1, 0.15) is 39.4 Å². The zero-order valence-electron chi connectivity index (χ0n) is 18.8. The first-order chi connectivity index (χ1) is 16.4. The molecule has 2 amide bonds. The van der Waals surface area contributed by atoms with Gasteiger partial charge in [-0.1, -0.05) is 28.1 Å². The molecule has 0 aromatic carbocycles. The van der Waals surface area contributed by atoms with Gasteiger partial charge in [0.15, 0.2) is 10.8 Å². The molecule has 2 atom stereocenters. The molecule has 0 saturated carbocycles. The highest BCUT2D eigenvalue weighted by molar-refractivity contribution is 8.00. The maximum Gasteiger partial charge on any atom is 0.352 e. The van der Waals surface area contributed by atoms with Crippen molar-refractivity contribution in [3.8, 4) is 0 Å². The Hall–Kier alpha value is -3.10. The van der Waals surface area contributed by atoms with Crippen molar-refractivity contribution >= 4 is 69.3 Å². The minimum atomic E-state index is -1.23. The van der Waals surface area contributed by atoms with Crippen molar-refractivity contribution in [1.29, 1.82) is 0 Å². The molecule has 2 aliphatic heterocycles. The summed E-state index contributed by atoms with van der Waals surface area (Å²) < 4.78 is 5.21. The molecule has 0 bridgehead atoms. The topological polar surface area (TPSA) is 174 Å². The molecule has 3 rings (SSSR count). The maximum absolute atomic E-state index is 13.0. The van der Waals surface area contributed by atoms with Gasteiger partial charge in [-0.15, -0.1) is 11.8 Å². The van der Waals surface area contributed by atoms with Crippen molar-refractivity contribution < 1.29 is 33.9 Å². The SMILES string of the molecule is CC(C)(C)OC(=O)C=CCON=C(C(=O)NC1C(=O)N2C(C(=O)O)=CCS[C@H]12)c1nc(N)sc1Cl. The molecule has 1 aromatic heterocycles. The Morgan fingerprint density at radius 1 is 1.43 bits per heavy atom. The van der Waals surface area contributed by atoms with Crippen LogP contribution >= 0.6 is 34.7 Å². The third-order valence-electron chi connectivity index (χ3n) is 4.38. The van der Waals surface area contributed by atoms with E-state index >= 15 is 0 Å². The number of aliphatic carboxylic acids is 1. The molecule has 0 aliphatic carbocycles. The lowest BCUT2D eigenvalue weighted by Crippen LogP contribution is -2.70. The number of nitrogens with one attached hydrogen (secondary N) is 1. The van der Waals surface area contributed by atoms with E-state index in [4.69, 9.17) is 26.9 Å². The molecule has 35 heavy (non-hydrogen) atoms. The average Bonchev–Trinajstić information content (AvgIpc) is 3.09. The summed E-state index contributed by atoms with van der Waals surface area (Å²) in [5, 5.41) is 15.1. The number of nitrogens with two attached hydrogens (primary N) is 1. The van der Waals surface area contributed by atoms with Crippen LogP contribution in [0.15, 0.2) is 29.1 Å². The van der Waals surface area contributed by atoms with E-state index in [1.54, 1.807) is 20.8 Å². The van der Waals surface area contributed by atoms with E-state index in [0.717, 1.165) is 22.3 Å². The lowest BCUT2D eigenvalue weighted by atomic mass is 10.0. The molecule has 3 heterocycles. The Balaban J connectivity index is 1.71. The Morgan fingerprint density at radius 2 is 2.14 bits per heavy atom. The third kappa shape index (κ3) is 6.32. The Bertz CT molecular complexity index is 1140. The molecule has 12 nitrogen and oxygen atoms in total. The number of nitrogens with zero attached hydrogens (tertiary/aromatic N) is 3. The van der Waals surface area contributed by atoms with Crippen LogP contribution in [0.5, 0.6) is 0 Å². The number of oxime groups is 1. The van der Waals surface area contributed by atoms with Gasteiger partial charge in [-0.2, -0.15) is 0 Å². The summed E-state index contributed by atoms with van der Waals surface area (Å²) in [6.45, 7) is 4.99. The number of hydrogen-bond acceptors (Lipinski definition) is 11. The first-order valence-corrected chi connectivity index (χ1v) is 12.3. The van der Waals surface area contributed by atoms with Crippen LogP contribution in [0.3, 0.4) is 0 Å². The standard InChI is InChI=1S/C20H22ClN5O7S2/c1-20(2,3)33-10(27)5-4-7-32-25-12(11-14(21)35-19(22)24-11)15(28)23-13-16(29)26-9(18(30)31)6-8-34-17(13)26/h4-6,13,17H,7-8H2,1-3H3,(H2,22,24)(H,23,28)(H,30,31)/t13?,17-/m1/s1. The number of halogens is 1. The predicted molar refractivity (Wildman–Crippen MR) is 130 cm³/mol. The van der Waals surface area contributed by atoms with Crippen molar-refractivity contribution in [2.45, 2.75) is 37.8 Å². The van der Waals surface area contributed by atoms with Gasteiger partial charge in [0.05, 0.1) is 0 Å². The quantitative estimate of drug-likeness (QED) is 0.108. The van der Waals surface area contributed by atoms with Crippen LogP contribution < -0.4 is 11.1 Å². The number of carboxylic acid groups (broad SMARTS) is 1. The van der Waals surface area contributed by atoms with Gasteiger partial charge in [-0.05, 0) is 32.9 Å². The number of amides is 2. The van der Waals surface area contributed by atoms with Gasteiger partial charge in [-0.25, -0.2) is 14.6 Å². The van der Waals surface area contributed by atoms with Crippen molar-refractivity contribution in [3.63, 3.8) is 0 Å². The molecule has 1 aromatic rings. The Kier molecular flexibility index (Phi) is 8.07. The first kappa shape index (κ1) is 26.5. The number of fused-ring (bicyclic) bond motifs is 1. The fraction of sp³-hybridized carbons (Fsp3) is 0.400. The summed E-state index contributed by atoms with van der Waals surface area (Å²) in [5.74, 6) is -2.84. The number of aromatic nitrogens is 1. The molecule has 2 aliphatic rings. The maximum atomic E-state index is 13.0. The van der Waals surface area contributed by atoms with Gasteiger partial charge in [0, 0.05) is 11.8 Å². The molecule has 1 saturated heterocycles. The molecule has 0 spiro atoms. The largest absolute Gasteiger partial charge is 0.477 e. The molecule has 0 radical (unpaired) electrons. The number of esters is 1. The van der Waals surface area contributed by atoms with Gasteiger partial charge >= 0.3 is 11.9 Å². The van der Waals surface area contributed by atoms with E-state index < -0.39 is 40.8 Å². The minimum absolute atomic E-state index is 0.0474. The predicted octanol–water partition coefficient (Wildman–Crippen LogP) is 1.37. The van der Waals surface area contributed by atoms with E-state index in [1.165, 1.54) is 23.9 Å². The summed E-state index contributed by atoms with van der Waals surface area (Å²) in [6.07, 6.45) is 3.93. The number of ether oxygens (including phenoxy) is 1. The second kappa shape index (κ2) is 10.7. The molecule has 4 N–H and O–H groups in total. The van der Waals surface area contributed by atoms with Crippen LogP contribution in [0.1, 0.15) is 26.5 Å². The van der Waals surface area contributed by atoms with Crippen LogP contribution in [0.2, 0.25) is 4.34 Å². The summed E-state index contributed by atoms with van der Waals surface area (Å²) in [6, 6.07) is -0.984. The Morgan fingerprint density at radius 3 is 2.74 bits per heavy atom. The summed E-state index contributed by atoms with van der Waals surface area (Å²) >= 11 is 8.36. The van der Waals surface area contributed by atoms with Crippen LogP contribution in [0.4, 0.5) is 5.13 Å². The number of nitrogen functional groups attached to an aromatic ring is 1. The highest BCUT2D eigenvalue weighted by atomic mass is 35.5. The average molecular weight is 544 g/mol. The number of thiazole rings is 1. The fourth-order valence-corrected chi connectivity index (χ4v) is 5.15. The lowest BCUT2D eigenvalue weighted by molar-refractivity contribution is -0.150. The van der Waals surface area contributed by atoms with E-state index in [-0.39, 0.29) is 33.2 Å².